The predicted octanol–water partition coefficient (Wildman–Crippen LogP) is 5.06. The summed E-state index contributed by atoms with van der Waals surface area (Å²) < 4.78 is 55.8. The van der Waals surface area contributed by atoms with Crippen LogP contribution < -0.4 is 4.72 Å². The van der Waals surface area contributed by atoms with Crippen molar-refractivity contribution < 1.29 is 17.4 Å². The average Bonchev–Trinajstić information content (AvgIpc) is 2.65. The zero-order valence-corrected chi connectivity index (χ0v) is 18.1. The molecule has 0 saturated heterocycles. The first-order valence-electron chi connectivity index (χ1n) is 9.55. The molecule has 29 heavy (non-hydrogen) atoms. The van der Waals surface area contributed by atoms with Crippen LogP contribution in [-0.2, 0) is 24.1 Å². The van der Waals surface area contributed by atoms with Crippen LogP contribution in [-0.4, -0.2) is 32.1 Å². The summed E-state index contributed by atoms with van der Waals surface area (Å²) in [6, 6.07) is 16.0. The second kappa shape index (κ2) is 9.87. The lowest BCUT2D eigenvalue weighted by atomic mass is 10.1. The molecule has 0 amide bonds. The minimum Gasteiger partial charge on any atom is -0.290 e. The zero-order valence-electron chi connectivity index (χ0n) is 17.2. The Hall–Kier alpha value is -1.70. The van der Waals surface area contributed by atoms with Crippen molar-refractivity contribution in [2.45, 2.75) is 63.8 Å². The van der Waals surface area contributed by atoms with Gasteiger partial charge in [0.05, 0.1) is 15.7 Å². The molecule has 0 unspecified atom stereocenters. The van der Waals surface area contributed by atoms with E-state index in [1.165, 1.54) is 6.92 Å². The van der Waals surface area contributed by atoms with E-state index in [-0.39, 0.29) is 0 Å². The van der Waals surface area contributed by atoms with Gasteiger partial charge in [-0.3, -0.25) is 4.90 Å². The summed E-state index contributed by atoms with van der Waals surface area (Å²) in [4.78, 5) is 1.77. The topological polar surface area (TPSA) is 32.3 Å². The fourth-order valence-corrected chi connectivity index (χ4v) is 3.84. The van der Waals surface area contributed by atoms with Gasteiger partial charge < -0.3 is 0 Å². The molecule has 160 valence electrons. The molecule has 2 rings (SSSR count). The molecule has 0 bridgehead atoms. The number of hydrogen-bond acceptors (Lipinski definition) is 2. The molecule has 0 saturated carbocycles. The van der Waals surface area contributed by atoms with Crippen LogP contribution in [0.25, 0.3) is 0 Å². The summed E-state index contributed by atoms with van der Waals surface area (Å²) in [5.41, 5.74) is 1.85. The van der Waals surface area contributed by atoms with Crippen LogP contribution in [0.1, 0.15) is 38.8 Å². The van der Waals surface area contributed by atoms with Gasteiger partial charge in [-0.25, -0.2) is 8.93 Å². The maximum atomic E-state index is 13.9. The summed E-state index contributed by atoms with van der Waals surface area (Å²) >= 11 is 0. The Balaban J connectivity index is 2.32. The minimum absolute atomic E-state index is 0.354. The number of halogens is 3. The number of nitrogens with one attached hydrogen (secondary N) is 1. The Kier molecular flexibility index (Phi) is 8.02. The normalized spacial score (nSPS) is 15.9. The Labute approximate surface area is 173 Å². The lowest BCUT2D eigenvalue weighted by Crippen LogP contribution is -2.57. The van der Waals surface area contributed by atoms with Crippen molar-refractivity contribution in [2.75, 3.05) is 0 Å². The first-order valence-corrected chi connectivity index (χ1v) is 10.7. The molecule has 7 heteroatoms. The molecule has 0 fully saturated rings. The van der Waals surface area contributed by atoms with Crippen LogP contribution >= 0.6 is 0 Å². The molecular weight excluding hydrogens is 397 g/mol. The molecule has 0 spiro atoms. The second-order valence-electron chi connectivity index (χ2n) is 8.14. The van der Waals surface area contributed by atoms with Gasteiger partial charge in [-0.15, -0.1) is 0 Å². The first-order chi connectivity index (χ1) is 13.5. The van der Waals surface area contributed by atoms with Gasteiger partial charge in [0.25, 0.3) is 0 Å². The van der Waals surface area contributed by atoms with E-state index in [4.69, 9.17) is 0 Å². The zero-order chi connectivity index (χ0) is 21.7. The van der Waals surface area contributed by atoms with Gasteiger partial charge in [-0.1, -0.05) is 60.7 Å². The van der Waals surface area contributed by atoms with Crippen molar-refractivity contribution in [2.24, 2.45) is 0 Å². The van der Waals surface area contributed by atoms with E-state index in [0.717, 1.165) is 11.1 Å². The van der Waals surface area contributed by atoms with Crippen molar-refractivity contribution in [3.63, 3.8) is 0 Å². The molecule has 2 aromatic rings. The molecule has 0 aliphatic carbocycles. The van der Waals surface area contributed by atoms with E-state index in [2.05, 4.69) is 4.72 Å². The summed E-state index contributed by atoms with van der Waals surface area (Å²) in [7, 11) is -1.84. The number of nitrogens with zero attached hydrogens (tertiary/aromatic N) is 1. The summed E-state index contributed by atoms with van der Waals surface area (Å²) in [5.74, 6) is 0. The number of alkyl halides is 3. The van der Waals surface area contributed by atoms with Crippen LogP contribution in [0.2, 0.25) is 0 Å². The number of rotatable bonds is 8. The highest BCUT2D eigenvalue weighted by Crippen LogP contribution is 2.28. The van der Waals surface area contributed by atoms with E-state index < -0.39 is 34.0 Å². The monoisotopic (exact) mass is 426 g/mol. The molecule has 1 N–H and O–H groups in total. The Morgan fingerprint density at radius 3 is 1.66 bits per heavy atom. The van der Waals surface area contributed by atoms with Gasteiger partial charge in [0.1, 0.15) is 6.04 Å². The Morgan fingerprint density at radius 2 is 1.31 bits per heavy atom. The molecule has 0 aliphatic heterocycles. The van der Waals surface area contributed by atoms with Crippen molar-refractivity contribution >= 4 is 11.0 Å². The largest absolute Gasteiger partial charge is 0.406 e. The third-order valence-corrected chi connectivity index (χ3v) is 6.24. The van der Waals surface area contributed by atoms with Crippen LogP contribution in [0.5, 0.6) is 0 Å². The van der Waals surface area contributed by atoms with E-state index in [1.807, 2.05) is 60.7 Å². The number of hydrogen-bond donors (Lipinski definition) is 1. The maximum Gasteiger partial charge on any atom is 0.406 e. The average molecular weight is 427 g/mol. The fourth-order valence-electron chi connectivity index (χ4n) is 2.92. The van der Waals surface area contributed by atoms with Gasteiger partial charge in [0.2, 0.25) is 0 Å². The third kappa shape index (κ3) is 7.24. The van der Waals surface area contributed by atoms with E-state index in [0.29, 0.717) is 13.1 Å². The fraction of sp³-hybridized carbons (Fsp3) is 0.455. The van der Waals surface area contributed by atoms with Gasteiger partial charge in [-0.2, -0.15) is 13.2 Å². The van der Waals surface area contributed by atoms with Gasteiger partial charge in [0, 0.05) is 19.1 Å². The lowest BCUT2D eigenvalue weighted by Gasteiger charge is -2.37. The minimum atomic E-state index is -4.54. The molecular formula is C22H29F3N2OS. The van der Waals surface area contributed by atoms with Crippen LogP contribution in [0.3, 0.4) is 0 Å². The maximum absolute atomic E-state index is 13.9. The summed E-state index contributed by atoms with van der Waals surface area (Å²) in [6.45, 7) is 7.21. The lowest BCUT2D eigenvalue weighted by molar-refractivity contribution is -0.165. The van der Waals surface area contributed by atoms with Crippen LogP contribution in [0, 0.1) is 0 Å². The Bertz CT molecular complexity index is 735. The highest BCUT2D eigenvalue weighted by atomic mass is 32.2. The highest BCUT2D eigenvalue weighted by Gasteiger charge is 2.46. The molecule has 3 nitrogen and oxygen atoms in total. The highest BCUT2D eigenvalue weighted by molar-refractivity contribution is 7.84. The molecule has 0 aliphatic rings. The second-order valence-corrected chi connectivity index (χ2v) is 10.1. The van der Waals surface area contributed by atoms with Gasteiger partial charge in [0.15, 0.2) is 0 Å². The van der Waals surface area contributed by atoms with Crippen molar-refractivity contribution in [3.05, 3.63) is 71.8 Å². The standard InChI is InChI=1S/C22H29F3N2OS/c1-17(20(22(23,24)25)26-29(28)21(2,3)4)27(15-18-11-7-5-8-12-18)16-19-13-9-6-10-14-19/h5-14,17,20,26H,15-16H2,1-4H3/t17-,20-,29+/m0/s1. The van der Waals surface area contributed by atoms with Gasteiger partial charge >= 0.3 is 6.18 Å². The molecule has 0 radical (unpaired) electrons. The summed E-state index contributed by atoms with van der Waals surface area (Å²) in [6.07, 6.45) is -4.54. The van der Waals surface area contributed by atoms with E-state index in [1.54, 1.807) is 25.7 Å². The van der Waals surface area contributed by atoms with Crippen LogP contribution in [0.4, 0.5) is 13.2 Å². The first kappa shape index (κ1) is 23.6. The SMILES string of the molecule is C[C@@H]([C@H](N[S@](=O)C(C)(C)C)C(F)(F)F)N(Cc1ccccc1)Cc1ccccc1. The summed E-state index contributed by atoms with van der Waals surface area (Å²) in [5, 5.41) is 0. The third-order valence-electron chi connectivity index (χ3n) is 4.66. The van der Waals surface area contributed by atoms with Crippen molar-refractivity contribution in [1.82, 2.24) is 9.62 Å². The van der Waals surface area contributed by atoms with Crippen LogP contribution in [0.15, 0.2) is 60.7 Å². The predicted molar refractivity (Wildman–Crippen MR) is 112 cm³/mol. The van der Waals surface area contributed by atoms with E-state index in [9.17, 15) is 17.4 Å². The molecule has 0 heterocycles. The number of benzene rings is 2. The van der Waals surface area contributed by atoms with Crippen molar-refractivity contribution in [1.29, 1.82) is 0 Å². The van der Waals surface area contributed by atoms with Gasteiger partial charge in [-0.05, 0) is 38.8 Å². The van der Waals surface area contributed by atoms with E-state index >= 15 is 0 Å². The van der Waals surface area contributed by atoms with Crippen molar-refractivity contribution in [3.8, 4) is 0 Å². The smallest absolute Gasteiger partial charge is 0.290 e. The molecule has 2 aromatic carbocycles. The Morgan fingerprint density at radius 1 is 0.897 bits per heavy atom. The molecule has 0 aromatic heterocycles. The quantitative estimate of drug-likeness (QED) is 0.640. The molecule has 3 atom stereocenters.